The maximum atomic E-state index is 13.3. The van der Waals surface area contributed by atoms with Crippen LogP contribution in [-0.4, -0.2) is 14.8 Å². The second-order valence-electron chi connectivity index (χ2n) is 5.63. The molecule has 0 spiro atoms. The number of ether oxygens (including phenoxy) is 1. The number of nitrogens with zero attached hydrogens (tertiary/aromatic N) is 3. The van der Waals surface area contributed by atoms with Crippen LogP contribution in [0.4, 0.5) is 4.39 Å². The minimum atomic E-state index is -0.677. The number of benzene rings is 2. The molecule has 1 aliphatic rings. The first-order valence-corrected chi connectivity index (χ1v) is 8.18. The van der Waals surface area contributed by atoms with Crippen molar-refractivity contribution in [2.75, 3.05) is 0 Å². The van der Waals surface area contributed by atoms with Crippen molar-refractivity contribution in [3.05, 3.63) is 76.8 Å². The van der Waals surface area contributed by atoms with Gasteiger partial charge in [0.25, 0.3) is 0 Å². The second kappa shape index (κ2) is 5.88. The summed E-state index contributed by atoms with van der Waals surface area (Å²) in [6.07, 6.45) is 1.20. The van der Waals surface area contributed by atoms with Crippen LogP contribution in [0.2, 0.25) is 5.02 Å². The molecule has 0 unspecified atom stereocenters. The lowest BCUT2D eigenvalue weighted by atomic mass is 9.91. The van der Waals surface area contributed by atoms with Crippen LogP contribution in [-0.2, 0) is 16.9 Å². The Labute approximate surface area is 148 Å². The van der Waals surface area contributed by atoms with Crippen molar-refractivity contribution in [2.24, 2.45) is 0 Å². The largest absolute Gasteiger partial charge is 0.354 e. The molecule has 0 N–H and O–H groups in total. The maximum absolute atomic E-state index is 13.3. The zero-order chi connectivity index (χ0) is 16.7. The van der Waals surface area contributed by atoms with E-state index in [-0.39, 0.29) is 11.9 Å². The number of epoxide rings is 1. The van der Waals surface area contributed by atoms with Gasteiger partial charge in [-0.05, 0) is 23.8 Å². The lowest BCUT2D eigenvalue weighted by Gasteiger charge is -2.15. The van der Waals surface area contributed by atoms with Crippen molar-refractivity contribution >= 4 is 24.2 Å². The lowest BCUT2D eigenvalue weighted by molar-refractivity contribution is 0.256. The highest BCUT2D eigenvalue weighted by atomic mass is 35.5. The van der Waals surface area contributed by atoms with E-state index in [0.717, 1.165) is 11.1 Å². The number of rotatable bonds is 4. The molecule has 2 heterocycles. The normalized spacial score (nSPS) is 22.5. The van der Waals surface area contributed by atoms with E-state index in [9.17, 15) is 4.39 Å². The zero-order valence-corrected chi connectivity index (χ0v) is 14.1. The van der Waals surface area contributed by atoms with Crippen LogP contribution in [0.1, 0.15) is 17.2 Å². The van der Waals surface area contributed by atoms with Crippen molar-refractivity contribution in [1.82, 2.24) is 14.8 Å². The molecule has 4 nitrogen and oxygen atoms in total. The topological polar surface area (TPSA) is 43.2 Å². The summed E-state index contributed by atoms with van der Waals surface area (Å²) in [6.45, 7) is 0.410. The van der Waals surface area contributed by atoms with E-state index in [0.29, 0.717) is 16.7 Å². The summed E-state index contributed by atoms with van der Waals surface area (Å²) in [4.78, 5) is 4.03. The highest BCUT2D eigenvalue weighted by Crippen LogP contribution is 2.59. The molecule has 0 saturated carbocycles. The fourth-order valence-electron chi connectivity index (χ4n) is 2.93. The molecule has 7 heteroatoms. The fraction of sp³-hybridized carbons (Fsp3) is 0.176. The number of halogens is 2. The predicted molar refractivity (Wildman–Crippen MR) is 90.6 cm³/mol. The molecule has 2 aromatic carbocycles. The molecule has 4 rings (SSSR count). The predicted octanol–water partition coefficient (Wildman–Crippen LogP) is 4.03. The molecule has 122 valence electrons. The Morgan fingerprint density at radius 1 is 1.21 bits per heavy atom. The van der Waals surface area contributed by atoms with Crippen molar-refractivity contribution in [2.45, 2.75) is 23.4 Å². The van der Waals surface area contributed by atoms with Gasteiger partial charge in [-0.3, -0.25) is 0 Å². The van der Waals surface area contributed by atoms with Gasteiger partial charge in [0.1, 0.15) is 23.8 Å². The average molecular weight is 362 g/mol. The van der Waals surface area contributed by atoms with Crippen LogP contribution in [0.5, 0.6) is 0 Å². The highest BCUT2D eigenvalue weighted by molar-refractivity contribution is 7.80. The molecular weight excluding hydrogens is 349 g/mol. The standard InChI is InChI=1S/C17H13ClFN3OS/c18-14-4-2-1-3-13(14)15-17(23-15,9-22-16(24)20-10-21-22)11-5-7-12(19)8-6-11/h1-8,10,15H,9H2,(H,20,21,24)/t15-,17+/m0/s1. The van der Waals surface area contributed by atoms with E-state index < -0.39 is 5.60 Å². The molecule has 3 aromatic rings. The third-order valence-corrected chi connectivity index (χ3v) is 4.89. The molecule has 1 fully saturated rings. The first-order chi connectivity index (χ1) is 11.6. The van der Waals surface area contributed by atoms with Crippen molar-refractivity contribution in [3.8, 4) is 0 Å². The molecule has 0 radical (unpaired) electrons. The minimum Gasteiger partial charge on any atom is -0.354 e. The molecule has 1 saturated heterocycles. The summed E-state index contributed by atoms with van der Waals surface area (Å²) in [5.41, 5.74) is 1.07. The number of thiol groups is 1. The van der Waals surface area contributed by atoms with Crippen LogP contribution >= 0.6 is 24.2 Å². The Balaban J connectivity index is 1.76. The van der Waals surface area contributed by atoms with E-state index in [2.05, 4.69) is 22.7 Å². The monoisotopic (exact) mass is 361 g/mol. The van der Waals surface area contributed by atoms with Crippen LogP contribution in [0.3, 0.4) is 0 Å². The maximum Gasteiger partial charge on any atom is 0.183 e. The van der Waals surface area contributed by atoms with Gasteiger partial charge in [0.05, 0.1) is 6.54 Å². The highest BCUT2D eigenvalue weighted by Gasteiger charge is 2.59. The molecule has 24 heavy (non-hydrogen) atoms. The zero-order valence-electron chi connectivity index (χ0n) is 12.4. The fourth-order valence-corrected chi connectivity index (χ4v) is 3.34. The first kappa shape index (κ1) is 15.6. The van der Waals surface area contributed by atoms with E-state index in [1.807, 2.05) is 24.3 Å². The third-order valence-electron chi connectivity index (χ3n) is 4.19. The van der Waals surface area contributed by atoms with E-state index in [1.165, 1.54) is 18.5 Å². The van der Waals surface area contributed by atoms with E-state index >= 15 is 0 Å². The Morgan fingerprint density at radius 2 is 1.96 bits per heavy atom. The van der Waals surface area contributed by atoms with Gasteiger partial charge in [-0.2, -0.15) is 5.10 Å². The van der Waals surface area contributed by atoms with Gasteiger partial charge >= 0.3 is 0 Å². The third kappa shape index (κ3) is 2.60. The van der Waals surface area contributed by atoms with Crippen LogP contribution < -0.4 is 0 Å². The average Bonchev–Trinajstić information content (AvgIpc) is 3.16. The number of aromatic nitrogens is 3. The van der Waals surface area contributed by atoms with E-state index in [4.69, 9.17) is 16.3 Å². The molecule has 1 aliphatic heterocycles. The summed E-state index contributed by atoms with van der Waals surface area (Å²) >= 11 is 10.6. The van der Waals surface area contributed by atoms with Gasteiger partial charge in [0, 0.05) is 10.6 Å². The van der Waals surface area contributed by atoms with Gasteiger partial charge in [0.2, 0.25) is 0 Å². The molecular formula is C17H13ClFN3OS. The summed E-state index contributed by atoms with van der Waals surface area (Å²) < 4.78 is 21.1. The number of hydrogen-bond donors (Lipinski definition) is 1. The lowest BCUT2D eigenvalue weighted by Crippen LogP contribution is -2.20. The number of hydrogen-bond acceptors (Lipinski definition) is 4. The quantitative estimate of drug-likeness (QED) is 0.563. The van der Waals surface area contributed by atoms with Crippen LogP contribution in [0, 0.1) is 5.82 Å². The smallest absolute Gasteiger partial charge is 0.183 e. The Morgan fingerprint density at radius 3 is 2.62 bits per heavy atom. The molecule has 1 aromatic heterocycles. The van der Waals surface area contributed by atoms with Gasteiger partial charge in [-0.15, -0.1) is 12.6 Å². The molecule has 0 amide bonds. The van der Waals surface area contributed by atoms with Crippen molar-refractivity contribution < 1.29 is 9.13 Å². The van der Waals surface area contributed by atoms with Gasteiger partial charge < -0.3 is 4.74 Å². The van der Waals surface area contributed by atoms with Gasteiger partial charge in [-0.1, -0.05) is 41.9 Å². The summed E-state index contributed by atoms with van der Waals surface area (Å²) in [6, 6.07) is 13.8. The van der Waals surface area contributed by atoms with Gasteiger partial charge in [0.15, 0.2) is 5.16 Å². The van der Waals surface area contributed by atoms with E-state index in [1.54, 1.807) is 16.8 Å². The summed E-state index contributed by atoms with van der Waals surface area (Å²) in [5.74, 6) is -0.292. The van der Waals surface area contributed by atoms with Crippen molar-refractivity contribution in [1.29, 1.82) is 0 Å². The first-order valence-electron chi connectivity index (χ1n) is 7.35. The molecule has 2 atom stereocenters. The Bertz CT molecular complexity index is 886. The van der Waals surface area contributed by atoms with Crippen LogP contribution in [0.15, 0.2) is 60.0 Å². The van der Waals surface area contributed by atoms with Crippen molar-refractivity contribution in [3.63, 3.8) is 0 Å². The SMILES string of the molecule is Fc1ccc([C@@]2(Cn3ncnc3S)O[C@H]2c2ccccc2Cl)cc1. The minimum absolute atomic E-state index is 0.242. The Hall–Kier alpha value is -1.89. The van der Waals surface area contributed by atoms with Crippen LogP contribution in [0.25, 0.3) is 0 Å². The second-order valence-corrected chi connectivity index (χ2v) is 6.44. The summed E-state index contributed by atoms with van der Waals surface area (Å²) in [5, 5.41) is 5.30. The summed E-state index contributed by atoms with van der Waals surface area (Å²) in [7, 11) is 0. The van der Waals surface area contributed by atoms with Gasteiger partial charge in [-0.25, -0.2) is 14.1 Å². The molecule has 0 bridgehead atoms. The molecule has 0 aliphatic carbocycles. The Kier molecular flexibility index (Phi) is 3.83.